The minimum atomic E-state index is -0.138. The van der Waals surface area contributed by atoms with Crippen molar-refractivity contribution in [3.05, 3.63) is 64.7 Å². The minimum absolute atomic E-state index is 0.123. The fourth-order valence-electron chi connectivity index (χ4n) is 3.96. The number of aryl methyl sites for hydroxylation is 1. The average Bonchev–Trinajstić information content (AvgIpc) is 2.77. The van der Waals surface area contributed by atoms with E-state index in [2.05, 4.69) is 9.97 Å². The maximum absolute atomic E-state index is 13.1. The molecule has 150 valence electrons. The number of hydrogen-bond donors (Lipinski definition) is 0. The quantitative estimate of drug-likeness (QED) is 0.682. The Balaban J connectivity index is 1.51. The molecule has 2 aromatic heterocycles. The van der Waals surface area contributed by atoms with Crippen LogP contribution in [0.3, 0.4) is 0 Å². The van der Waals surface area contributed by atoms with Crippen molar-refractivity contribution < 1.29 is 4.79 Å². The van der Waals surface area contributed by atoms with Crippen molar-refractivity contribution >= 4 is 22.8 Å². The van der Waals surface area contributed by atoms with Crippen molar-refractivity contribution in [3.63, 3.8) is 0 Å². The first kappa shape index (κ1) is 19.1. The number of rotatable bonds is 4. The molecule has 7 heteroatoms. The standard InChI is InChI=1S/C22H25N5O2/c1-3-17(16-7-5-4-6-8-16)21(28)27-13-11-26(12-14-27)20-22(29)25(2)19-15-23-10-9-18(19)24-20/h4-10,15,17H,3,11-14H2,1-2H3. The van der Waals surface area contributed by atoms with Gasteiger partial charge in [0.05, 0.1) is 23.1 Å². The summed E-state index contributed by atoms with van der Waals surface area (Å²) in [5.41, 5.74) is 2.37. The second kappa shape index (κ2) is 8.03. The normalized spacial score (nSPS) is 15.5. The van der Waals surface area contributed by atoms with Crippen LogP contribution in [0.1, 0.15) is 24.8 Å². The number of benzene rings is 1. The molecule has 1 amide bonds. The van der Waals surface area contributed by atoms with Gasteiger partial charge in [-0.05, 0) is 18.1 Å². The zero-order valence-electron chi connectivity index (χ0n) is 16.8. The zero-order valence-corrected chi connectivity index (χ0v) is 16.8. The number of piperazine rings is 1. The molecule has 0 saturated carbocycles. The lowest BCUT2D eigenvalue weighted by molar-refractivity contribution is -0.133. The first-order chi connectivity index (χ1) is 14.1. The SMILES string of the molecule is CCC(C(=O)N1CCN(c2nc3ccncc3n(C)c2=O)CC1)c1ccccc1. The molecule has 0 radical (unpaired) electrons. The topological polar surface area (TPSA) is 71.3 Å². The van der Waals surface area contributed by atoms with E-state index in [-0.39, 0.29) is 17.4 Å². The molecule has 1 aliphatic heterocycles. The summed E-state index contributed by atoms with van der Waals surface area (Å²) in [7, 11) is 1.74. The predicted octanol–water partition coefficient (Wildman–Crippen LogP) is 2.17. The molecule has 1 aromatic carbocycles. The van der Waals surface area contributed by atoms with E-state index in [0.717, 1.165) is 17.5 Å². The van der Waals surface area contributed by atoms with Gasteiger partial charge in [-0.3, -0.25) is 14.6 Å². The second-order valence-electron chi connectivity index (χ2n) is 7.35. The maximum atomic E-state index is 13.1. The Kier molecular flexibility index (Phi) is 5.29. The van der Waals surface area contributed by atoms with Crippen LogP contribution in [0.5, 0.6) is 0 Å². The molecule has 0 aliphatic carbocycles. The van der Waals surface area contributed by atoms with Crippen LogP contribution in [-0.2, 0) is 11.8 Å². The highest BCUT2D eigenvalue weighted by molar-refractivity contribution is 5.84. The van der Waals surface area contributed by atoms with Gasteiger partial charge in [0, 0.05) is 39.4 Å². The molecule has 3 aromatic rings. The van der Waals surface area contributed by atoms with Gasteiger partial charge in [0.2, 0.25) is 5.91 Å². The smallest absolute Gasteiger partial charge is 0.293 e. The van der Waals surface area contributed by atoms with Crippen LogP contribution in [0.25, 0.3) is 11.0 Å². The van der Waals surface area contributed by atoms with Crippen molar-refractivity contribution in [1.29, 1.82) is 0 Å². The van der Waals surface area contributed by atoms with Crippen LogP contribution in [-0.4, -0.2) is 51.5 Å². The first-order valence-electron chi connectivity index (χ1n) is 9.99. The molecule has 3 heterocycles. The zero-order chi connectivity index (χ0) is 20.4. The van der Waals surface area contributed by atoms with E-state index in [1.807, 2.05) is 53.1 Å². The molecule has 1 atom stereocenters. The molecule has 0 bridgehead atoms. The Labute approximate surface area is 169 Å². The second-order valence-corrected chi connectivity index (χ2v) is 7.35. The Hall–Kier alpha value is -3.22. The van der Waals surface area contributed by atoms with Crippen LogP contribution in [0.15, 0.2) is 53.6 Å². The highest BCUT2D eigenvalue weighted by Crippen LogP contribution is 2.23. The van der Waals surface area contributed by atoms with E-state index in [1.54, 1.807) is 24.0 Å². The highest BCUT2D eigenvalue weighted by atomic mass is 16.2. The fraction of sp³-hybridized carbons (Fsp3) is 0.364. The molecule has 1 aliphatic rings. The van der Waals surface area contributed by atoms with Gasteiger partial charge in [-0.15, -0.1) is 0 Å². The van der Waals surface area contributed by atoms with Crippen LogP contribution < -0.4 is 10.5 Å². The van der Waals surface area contributed by atoms with Crippen molar-refractivity contribution in [2.45, 2.75) is 19.3 Å². The predicted molar refractivity (Wildman–Crippen MR) is 113 cm³/mol. The van der Waals surface area contributed by atoms with Crippen LogP contribution >= 0.6 is 0 Å². The fourth-order valence-corrected chi connectivity index (χ4v) is 3.96. The Morgan fingerprint density at radius 3 is 2.52 bits per heavy atom. The van der Waals surface area contributed by atoms with Crippen molar-refractivity contribution in [3.8, 4) is 0 Å². The first-order valence-corrected chi connectivity index (χ1v) is 9.99. The number of amides is 1. The maximum Gasteiger partial charge on any atom is 0.293 e. The summed E-state index contributed by atoms with van der Waals surface area (Å²) < 4.78 is 1.59. The lowest BCUT2D eigenvalue weighted by atomic mass is 9.95. The number of hydrogen-bond acceptors (Lipinski definition) is 5. The third kappa shape index (κ3) is 3.60. The molecule has 1 fully saturated rings. The van der Waals surface area contributed by atoms with Gasteiger partial charge >= 0.3 is 0 Å². The van der Waals surface area contributed by atoms with Crippen molar-refractivity contribution in [1.82, 2.24) is 19.4 Å². The van der Waals surface area contributed by atoms with Crippen LogP contribution in [0.2, 0.25) is 0 Å². The monoisotopic (exact) mass is 391 g/mol. The summed E-state index contributed by atoms with van der Waals surface area (Å²) in [4.78, 5) is 38.4. The van der Waals surface area contributed by atoms with Crippen molar-refractivity contribution in [2.24, 2.45) is 7.05 Å². The Bertz CT molecular complexity index is 1070. The summed E-state index contributed by atoms with van der Waals surface area (Å²) in [6.07, 6.45) is 4.09. The molecular weight excluding hydrogens is 366 g/mol. The van der Waals surface area contributed by atoms with Gasteiger partial charge < -0.3 is 14.4 Å². The van der Waals surface area contributed by atoms with E-state index in [4.69, 9.17) is 0 Å². The number of aromatic nitrogens is 3. The summed E-state index contributed by atoms with van der Waals surface area (Å²) in [6.45, 7) is 4.40. The van der Waals surface area contributed by atoms with Gasteiger partial charge in [-0.1, -0.05) is 37.3 Å². The number of carbonyl (C=O) groups excluding carboxylic acids is 1. The summed E-state index contributed by atoms with van der Waals surface area (Å²) in [6, 6.07) is 11.7. The van der Waals surface area contributed by atoms with E-state index in [9.17, 15) is 9.59 Å². The lowest BCUT2D eigenvalue weighted by Gasteiger charge is -2.36. The number of nitrogens with zero attached hydrogens (tertiary/aromatic N) is 5. The Morgan fingerprint density at radius 1 is 1.10 bits per heavy atom. The average molecular weight is 391 g/mol. The van der Waals surface area contributed by atoms with Gasteiger partial charge in [0.25, 0.3) is 5.56 Å². The van der Waals surface area contributed by atoms with Gasteiger partial charge in [-0.25, -0.2) is 4.98 Å². The molecule has 29 heavy (non-hydrogen) atoms. The summed E-state index contributed by atoms with van der Waals surface area (Å²) >= 11 is 0. The summed E-state index contributed by atoms with van der Waals surface area (Å²) in [5, 5.41) is 0. The van der Waals surface area contributed by atoms with E-state index in [1.165, 1.54) is 0 Å². The molecule has 1 unspecified atom stereocenters. The van der Waals surface area contributed by atoms with E-state index < -0.39 is 0 Å². The number of carbonyl (C=O) groups is 1. The van der Waals surface area contributed by atoms with Gasteiger partial charge in [-0.2, -0.15) is 0 Å². The van der Waals surface area contributed by atoms with Crippen LogP contribution in [0.4, 0.5) is 5.82 Å². The summed E-state index contributed by atoms with van der Waals surface area (Å²) in [5.74, 6) is 0.471. The molecule has 0 N–H and O–H groups in total. The molecule has 0 spiro atoms. The third-order valence-electron chi connectivity index (χ3n) is 5.66. The van der Waals surface area contributed by atoms with Gasteiger partial charge in [0.1, 0.15) is 0 Å². The van der Waals surface area contributed by atoms with Crippen LogP contribution in [0, 0.1) is 0 Å². The minimum Gasteiger partial charge on any atom is -0.348 e. The molecule has 4 rings (SSSR count). The lowest BCUT2D eigenvalue weighted by Crippen LogP contribution is -2.51. The number of pyridine rings is 1. The van der Waals surface area contributed by atoms with Crippen molar-refractivity contribution in [2.75, 3.05) is 31.1 Å². The van der Waals surface area contributed by atoms with E-state index in [0.29, 0.717) is 37.5 Å². The van der Waals surface area contributed by atoms with Gasteiger partial charge in [0.15, 0.2) is 5.82 Å². The number of anilines is 1. The highest BCUT2D eigenvalue weighted by Gasteiger charge is 2.28. The van der Waals surface area contributed by atoms with E-state index >= 15 is 0 Å². The molecule has 7 nitrogen and oxygen atoms in total. The third-order valence-corrected chi connectivity index (χ3v) is 5.66. The molecular formula is C22H25N5O2. The largest absolute Gasteiger partial charge is 0.348 e. The molecule has 1 saturated heterocycles. The Morgan fingerprint density at radius 2 is 1.83 bits per heavy atom. The number of fused-ring (bicyclic) bond motifs is 1.